The molecule has 1 aliphatic rings. The quantitative estimate of drug-likeness (QED) is 0.880. The molecule has 1 amide bonds. The Kier molecular flexibility index (Phi) is 4.18. The molecule has 1 aromatic carbocycles. The number of aliphatic hydroxyl groups is 1. The zero-order valence-electron chi connectivity index (χ0n) is 12.2. The molecule has 0 radical (unpaired) electrons. The molecule has 1 N–H and O–H groups in total. The van der Waals surface area contributed by atoms with Crippen molar-refractivity contribution in [3.05, 3.63) is 23.8 Å². The first-order chi connectivity index (χ1) is 9.51. The Morgan fingerprint density at radius 3 is 2.50 bits per heavy atom. The number of nitrogens with zero attached hydrogens (tertiary/aromatic N) is 1. The Bertz CT molecular complexity index is 495. The number of ether oxygens (including phenoxy) is 2. The predicted molar refractivity (Wildman–Crippen MR) is 75.1 cm³/mol. The van der Waals surface area contributed by atoms with Crippen LogP contribution in [0.1, 0.15) is 18.9 Å². The minimum absolute atomic E-state index is 0.0235. The fourth-order valence-electron chi connectivity index (χ4n) is 2.34. The topological polar surface area (TPSA) is 59.0 Å². The van der Waals surface area contributed by atoms with E-state index in [1.54, 1.807) is 25.2 Å². The van der Waals surface area contributed by atoms with E-state index in [2.05, 4.69) is 0 Å². The van der Waals surface area contributed by atoms with E-state index in [4.69, 9.17) is 9.47 Å². The predicted octanol–water partition coefficient (Wildman–Crippen LogP) is 1.23. The van der Waals surface area contributed by atoms with Crippen molar-refractivity contribution < 1.29 is 19.4 Å². The summed E-state index contributed by atoms with van der Waals surface area (Å²) in [7, 11) is 3.15. The monoisotopic (exact) mass is 279 g/mol. The Labute approximate surface area is 119 Å². The summed E-state index contributed by atoms with van der Waals surface area (Å²) < 4.78 is 10.4. The van der Waals surface area contributed by atoms with Crippen molar-refractivity contribution in [3.8, 4) is 11.5 Å². The maximum Gasteiger partial charge on any atom is 0.227 e. The largest absolute Gasteiger partial charge is 0.493 e. The Morgan fingerprint density at radius 1 is 1.30 bits per heavy atom. The second kappa shape index (κ2) is 5.71. The first kappa shape index (κ1) is 14.7. The molecule has 110 valence electrons. The highest BCUT2D eigenvalue weighted by atomic mass is 16.5. The van der Waals surface area contributed by atoms with Gasteiger partial charge >= 0.3 is 0 Å². The Balaban J connectivity index is 1.99. The van der Waals surface area contributed by atoms with E-state index < -0.39 is 5.60 Å². The van der Waals surface area contributed by atoms with E-state index in [0.717, 1.165) is 5.56 Å². The van der Waals surface area contributed by atoms with Crippen LogP contribution in [-0.4, -0.2) is 48.8 Å². The molecule has 0 aromatic heterocycles. The van der Waals surface area contributed by atoms with Crippen molar-refractivity contribution >= 4 is 5.91 Å². The van der Waals surface area contributed by atoms with Crippen molar-refractivity contribution in [3.63, 3.8) is 0 Å². The van der Waals surface area contributed by atoms with Crippen LogP contribution in [0.4, 0.5) is 0 Å². The number of hydrogen-bond donors (Lipinski definition) is 1. The zero-order valence-corrected chi connectivity index (χ0v) is 12.2. The lowest BCUT2D eigenvalue weighted by Crippen LogP contribution is -2.63. The molecule has 0 spiro atoms. The number of methoxy groups -OCH3 is 2. The fourth-order valence-corrected chi connectivity index (χ4v) is 2.34. The number of hydrogen-bond acceptors (Lipinski definition) is 4. The summed E-state index contributed by atoms with van der Waals surface area (Å²) in [4.78, 5) is 13.8. The normalized spacial score (nSPS) is 16.5. The van der Waals surface area contributed by atoms with Crippen molar-refractivity contribution in [1.29, 1.82) is 0 Å². The van der Waals surface area contributed by atoms with Crippen LogP contribution in [0.15, 0.2) is 18.2 Å². The number of likely N-dealkylation sites (tertiary alicyclic amines) is 1. The molecule has 0 aliphatic carbocycles. The highest BCUT2D eigenvalue weighted by molar-refractivity contribution is 5.80. The van der Waals surface area contributed by atoms with Gasteiger partial charge in [-0.25, -0.2) is 0 Å². The van der Waals surface area contributed by atoms with E-state index >= 15 is 0 Å². The van der Waals surface area contributed by atoms with Gasteiger partial charge in [-0.15, -0.1) is 0 Å². The number of amides is 1. The maximum atomic E-state index is 12.1. The van der Waals surface area contributed by atoms with Crippen LogP contribution in [0.25, 0.3) is 0 Å². The molecule has 1 aromatic rings. The first-order valence-corrected chi connectivity index (χ1v) is 6.72. The standard InChI is InChI=1S/C15H21NO4/c1-4-15(18)9-16(10-15)14(17)8-11-5-6-12(19-2)13(7-11)20-3/h5-7,18H,4,8-10H2,1-3H3. The first-order valence-electron chi connectivity index (χ1n) is 6.72. The zero-order chi connectivity index (χ0) is 14.8. The molecule has 0 saturated carbocycles. The van der Waals surface area contributed by atoms with E-state index in [1.807, 2.05) is 19.1 Å². The molecule has 1 aliphatic heterocycles. The highest BCUT2D eigenvalue weighted by Gasteiger charge is 2.41. The van der Waals surface area contributed by atoms with E-state index in [1.165, 1.54) is 0 Å². The molecule has 20 heavy (non-hydrogen) atoms. The molecule has 2 rings (SSSR count). The molecule has 1 fully saturated rings. The van der Waals surface area contributed by atoms with Gasteiger partial charge in [-0.05, 0) is 24.1 Å². The third-order valence-electron chi connectivity index (χ3n) is 3.78. The van der Waals surface area contributed by atoms with Gasteiger partial charge in [0.2, 0.25) is 5.91 Å². The summed E-state index contributed by atoms with van der Waals surface area (Å²) in [5.74, 6) is 1.29. The summed E-state index contributed by atoms with van der Waals surface area (Å²) in [5, 5.41) is 9.92. The maximum absolute atomic E-state index is 12.1. The average molecular weight is 279 g/mol. The molecule has 0 bridgehead atoms. The minimum atomic E-state index is -0.687. The lowest BCUT2D eigenvalue weighted by atomic mass is 9.91. The summed E-state index contributed by atoms with van der Waals surface area (Å²) in [6, 6.07) is 5.45. The van der Waals surface area contributed by atoms with Gasteiger partial charge < -0.3 is 19.5 Å². The Hall–Kier alpha value is -1.75. The Morgan fingerprint density at radius 2 is 1.95 bits per heavy atom. The number of carbonyl (C=O) groups is 1. The third-order valence-corrected chi connectivity index (χ3v) is 3.78. The highest BCUT2D eigenvalue weighted by Crippen LogP contribution is 2.29. The molecular formula is C15H21NO4. The van der Waals surface area contributed by atoms with Gasteiger partial charge in [0.15, 0.2) is 11.5 Å². The van der Waals surface area contributed by atoms with Crippen LogP contribution in [0.2, 0.25) is 0 Å². The second-order valence-electron chi connectivity index (χ2n) is 5.19. The minimum Gasteiger partial charge on any atom is -0.493 e. The average Bonchev–Trinajstić information content (AvgIpc) is 2.43. The van der Waals surface area contributed by atoms with Gasteiger partial charge in [0.05, 0.1) is 39.3 Å². The number of carbonyl (C=O) groups excluding carboxylic acids is 1. The van der Waals surface area contributed by atoms with Crippen LogP contribution in [0.3, 0.4) is 0 Å². The van der Waals surface area contributed by atoms with Gasteiger partial charge in [-0.1, -0.05) is 13.0 Å². The molecular weight excluding hydrogens is 258 g/mol. The number of rotatable bonds is 5. The summed E-state index contributed by atoms with van der Waals surface area (Å²) in [6.07, 6.45) is 0.979. The van der Waals surface area contributed by atoms with Crippen molar-refractivity contribution in [2.24, 2.45) is 0 Å². The van der Waals surface area contributed by atoms with Crippen LogP contribution in [0, 0.1) is 0 Å². The van der Waals surface area contributed by atoms with Gasteiger partial charge in [0.1, 0.15) is 0 Å². The number of β-amino-alcohol motifs (C(OH)–C–C–N with tert-alkyl or cyclic N) is 1. The van der Waals surface area contributed by atoms with Crippen molar-refractivity contribution in [2.75, 3.05) is 27.3 Å². The van der Waals surface area contributed by atoms with Crippen molar-refractivity contribution in [1.82, 2.24) is 4.90 Å². The second-order valence-corrected chi connectivity index (χ2v) is 5.19. The third kappa shape index (κ3) is 2.88. The lowest BCUT2D eigenvalue weighted by Gasteiger charge is -2.46. The van der Waals surface area contributed by atoms with Crippen LogP contribution in [0.5, 0.6) is 11.5 Å². The molecule has 0 unspecified atom stereocenters. The van der Waals surface area contributed by atoms with Gasteiger partial charge in [0, 0.05) is 0 Å². The lowest BCUT2D eigenvalue weighted by molar-refractivity contribution is -0.155. The molecule has 5 heteroatoms. The van der Waals surface area contributed by atoms with Crippen LogP contribution >= 0.6 is 0 Å². The van der Waals surface area contributed by atoms with E-state index in [9.17, 15) is 9.90 Å². The smallest absolute Gasteiger partial charge is 0.227 e. The van der Waals surface area contributed by atoms with E-state index in [0.29, 0.717) is 37.4 Å². The van der Waals surface area contributed by atoms with Gasteiger partial charge in [0.25, 0.3) is 0 Å². The SMILES string of the molecule is CCC1(O)CN(C(=O)Cc2ccc(OC)c(OC)c2)C1. The molecule has 0 atom stereocenters. The van der Waals surface area contributed by atoms with Gasteiger partial charge in [-0.2, -0.15) is 0 Å². The fraction of sp³-hybridized carbons (Fsp3) is 0.533. The van der Waals surface area contributed by atoms with Crippen molar-refractivity contribution in [2.45, 2.75) is 25.4 Å². The molecule has 1 saturated heterocycles. The number of benzene rings is 1. The van der Waals surface area contributed by atoms with E-state index in [-0.39, 0.29) is 5.91 Å². The van der Waals surface area contributed by atoms with Gasteiger partial charge in [-0.3, -0.25) is 4.79 Å². The summed E-state index contributed by atoms with van der Waals surface area (Å²) in [6.45, 7) is 2.78. The molecule has 5 nitrogen and oxygen atoms in total. The van der Waals surface area contributed by atoms with Crippen LogP contribution < -0.4 is 9.47 Å². The molecule has 1 heterocycles. The van der Waals surface area contributed by atoms with Crippen LogP contribution in [-0.2, 0) is 11.2 Å². The summed E-state index contributed by atoms with van der Waals surface area (Å²) >= 11 is 0. The summed E-state index contributed by atoms with van der Waals surface area (Å²) in [5.41, 5.74) is 0.187.